The van der Waals surface area contributed by atoms with E-state index in [-0.39, 0.29) is 6.04 Å². The lowest BCUT2D eigenvalue weighted by atomic mass is 9.96. The molecule has 7 heteroatoms. The molecular weight excluding hydrogens is 328 g/mol. The second-order valence-electron chi connectivity index (χ2n) is 7.33. The van der Waals surface area contributed by atoms with Crippen LogP contribution in [0, 0.1) is 6.92 Å². The van der Waals surface area contributed by atoms with Gasteiger partial charge in [0.2, 0.25) is 5.89 Å². The van der Waals surface area contributed by atoms with Gasteiger partial charge in [-0.25, -0.2) is 9.97 Å². The number of anilines is 1. The largest absolute Gasteiger partial charge is 0.354 e. The highest BCUT2D eigenvalue weighted by Crippen LogP contribution is 2.29. The molecular formula is C19H28N6O. The van der Waals surface area contributed by atoms with Gasteiger partial charge in [-0.2, -0.15) is 4.98 Å². The molecule has 2 aromatic rings. The van der Waals surface area contributed by atoms with Crippen molar-refractivity contribution in [2.75, 3.05) is 31.1 Å². The molecule has 0 saturated carbocycles. The molecule has 140 valence electrons. The van der Waals surface area contributed by atoms with Crippen LogP contribution in [0.1, 0.15) is 61.5 Å². The second-order valence-corrected chi connectivity index (χ2v) is 7.33. The van der Waals surface area contributed by atoms with Gasteiger partial charge in [-0.15, -0.1) is 0 Å². The van der Waals surface area contributed by atoms with Crippen molar-refractivity contribution >= 4 is 5.82 Å². The van der Waals surface area contributed by atoms with Crippen molar-refractivity contribution in [2.24, 2.45) is 0 Å². The van der Waals surface area contributed by atoms with Crippen LogP contribution in [0.5, 0.6) is 0 Å². The summed E-state index contributed by atoms with van der Waals surface area (Å²) in [5, 5.41) is 4.03. The number of hydrogen-bond donors (Lipinski definition) is 0. The van der Waals surface area contributed by atoms with Gasteiger partial charge in [0.05, 0.1) is 6.04 Å². The zero-order valence-corrected chi connectivity index (χ0v) is 16.0. The minimum Gasteiger partial charge on any atom is -0.354 e. The Morgan fingerprint density at radius 3 is 2.54 bits per heavy atom. The molecule has 2 aromatic heterocycles. The van der Waals surface area contributed by atoms with Crippen LogP contribution in [0.4, 0.5) is 5.82 Å². The molecule has 0 radical (unpaired) electrons. The number of fused-ring (bicyclic) bond motifs is 1. The molecule has 2 aliphatic rings. The Morgan fingerprint density at radius 2 is 1.81 bits per heavy atom. The number of nitrogens with zero attached hydrogens (tertiary/aromatic N) is 6. The number of rotatable bonds is 4. The molecule has 0 bridgehead atoms. The number of hydrogen-bond acceptors (Lipinski definition) is 7. The molecule has 4 rings (SSSR count). The van der Waals surface area contributed by atoms with Gasteiger partial charge in [0.25, 0.3) is 0 Å². The van der Waals surface area contributed by atoms with E-state index in [1.807, 2.05) is 13.8 Å². The maximum Gasteiger partial charge on any atom is 0.243 e. The van der Waals surface area contributed by atoms with E-state index >= 15 is 0 Å². The van der Waals surface area contributed by atoms with E-state index in [2.05, 4.69) is 31.8 Å². The summed E-state index contributed by atoms with van der Waals surface area (Å²) in [7, 11) is 0. The maximum atomic E-state index is 5.44. The lowest BCUT2D eigenvalue weighted by Crippen LogP contribution is -2.48. The Labute approximate surface area is 154 Å². The molecule has 7 nitrogen and oxygen atoms in total. The van der Waals surface area contributed by atoms with Crippen LogP contribution < -0.4 is 4.90 Å². The molecule has 26 heavy (non-hydrogen) atoms. The smallest absolute Gasteiger partial charge is 0.243 e. The van der Waals surface area contributed by atoms with Crippen LogP contribution in [-0.4, -0.2) is 51.2 Å². The average Bonchev–Trinajstić information content (AvgIpc) is 3.16. The summed E-state index contributed by atoms with van der Waals surface area (Å²) in [6.07, 6.45) is 5.52. The number of piperazine rings is 1. The summed E-state index contributed by atoms with van der Waals surface area (Å²) in [6.45, 7) is 10.1. The fraction of sp³-hybridized carbons (Fsp3) is 0.684. The zero-order valence-electron chi connectivity index (χ0n) is 16.0. The third-order valence-electron chi connectivity index (χ3n) is 5.59. The fourth-order valence-electron chi connectivity index (χ4n) is 4.01. The molecule has 1 unspecified atom stereocenters. The van der Waals surface area contributed by atoms with Crippen molar-refractivity contribution in [1.82, 2.24) is 25.0 Å². The van der Waals surface area contributed by atoms with Crippen molar-refractivity contribution in [2.45, 2.75) is 58.9 Å². The second kappa shape index (κ2) is 7.31. The molecule has 0 spiro atoms. The van der Waals surface area contributed by atoms with Gasteiger partial charge in [-0.1, -0.05) is 12.1 Å². The summed E-state index contributed by atoms with van der Waals surface area (Å²) >= 11 is 0. The first-order valence-corrected chi connectivity index (χ1v) is 9.83. The highest BCUT2D eigenvalue weighted by molar-refractivity contribution is 5.50. The van der Waals surface area contributed by atoms with Crippen LogP contribution in [-0.2, 0) is 19.3 Å². The van der Waals surface area contributed by atoms with Crippen molar-refractivity contribution < 1.29 is 4.52 Å². The van der Waals surface area contributed by atoms with Gasteiger partial charge in [0.1, 0.15) is 11.6 Å². The summed E-state index contributed by atoms with van der Waals surface area (Å²) < 4.78 is 5.44. The highest BCUT2D eigenvalue weighted by Gasteiger charge is 2.28. The van der Waals surface area contributed by atoms with Crippen molar-refractivity contribution in [3.8, 4) is 0 Å². The molecule has 1 saturated heterocycles. The van der Waals surface area contributed by atoms with Gasteiger partial charge in [0, 0.05) is 43.9 Å². The van der Waals surface area contributed by atoms with Gasteiger partial charge >= 0.3 is 0 Å². The van der Waals surface area contributed by atoms with Gasteiger partial charge in [-0.3, -0.25) is 4.90 Å². The zero-order chi connectivity index (χ0) is 18.1. The Hall–Kier alpha value is -2.02. The molecule has 1 fully saturated rings. The van der Waals surface area contributed by atoms with Crippen molar-refractivity contribution in [3.63, 3.8) is 0 Å². The SMILES string of the molecule is CCc1noc(C(C)N2CCN(c3nc(C)nc4c3CCCC4)CC2)n1. The topological polar surface area (TPSA) is 71.2 Å². The highest BCUT2D eigenvalue weighted by atomic mass is 16.5. The number of aromatic nitrogens is 4. The van der Waals surface area contributed by atoms with E-state index in [0.717, 1.165) is 63.0 Å². The minimum atomic E-state index is 0.158. The van der Waals surface area contributed by atoms with Crippen LogP contribution in [0.3, 0.4) is 0 Å². The van der Waals surface area contributed by atoms with Gasteiger partial charge in [0.15, 0.2) is 5.82 Å². The third-order valence-corrected chi connectivity index (χ3v) is 5.59. The lowest BCUT2D eigenvalue weighted by Gasteiger charge is -2.38. The molecule has 1 aliphatic heterocycles. The van der Waals surface area contributed by atoms with E-state index in [1.54, 1.807) is 0 Å². The van der Waals surface area contributed by atoms with E-state index < -0.39 is 0 Å². The van der Waals surface area contributed by atoms with E-state index in [0.29, 0.717) is 0 Å². The average molecular weight is 356 g/mol. The molecule has 0 aromatic carbocycles. The Kier molecular flexibility index (Phi) is 4.89. The Balaban J connectivity index is 1.46. The first kappa shape index (κ1) is 17.4. The predicted octanol–water partition coefficient (Wildman–Crippen LogP) is 2.49. The van der Waals surface area contributed by atoms with Gasteiger partial charge < -0.3 is 9.42 Å². The maximum absolute atomic E-state index is 5.44. The quantitative estimate of drug-likeness (QED) is 0.833. The van der Waals surface area contributed by atoms with E-state index in [9.17, 15) is 0 Å². The molecule has 3 heterocycles. The number of aryl methyl sites for hydroxylation is 3. The van der Waals surface area contributed by atoms with Gasteiger partial charge in [-0.05, 0) is 39.5 Å². The summed E-state index contributed by atoms with van der Waals surface area (Å²) in [5.74, 6) is 3.58. The monoisotopic (exact) mass is 356 g/mol. The van der Waals surface area contributed by atoms with Crippen LogP contribution in [0.15, 0.2) is 4.52 Å². The normalized spacial score (nSPS) is 19.4. The first-order chi connectivity index (χ1) is 12.7. The Bertz CT molecular complexity index is 765. The molecule has 1 aliphatic carbocycles. The molecule has 0 amide bonds. The standard InChI is InChI=1S/C19H28N6O/c1-4-17-22-19(26-23-17)13(2)24-9-11-25(12-10-24)18-15-7-5-6-8-16(15)20-14(3)21-18/h13H,4-12H2,1-3H3. The molecule has 0 N–H and O–H groups in total. The summed E-state index contributed by atoms with van der Waals surface area (Å²) in [5.41, 5.74) is 2.65. The van der Waals surface area contributed by atoms with Crippen LogP contribution in [0.2, 0.25) is 0 Å². The first-order valence-electron chi connectivity index (χ1n) is 9.83. The summed E-state index contributed by atoms with van der Waals surface area (Å²) in [6, 6.07) is 0.158. The minimum absolute atomic E-state index is 0.158. The Morgan fingerprint density at radius 1 is 1.04 bits per heavy atom. The van der Waals surface area contributed by atoms with Crippen LogP contribution >= 0.6 is 0 Å². The van der Waals surface area contributed by atoms with E-state index in [1.165, 1.54) is 29.9 Å². The fourth-order valence-corrected chi connectivity index (χ4v) is 4.01. The molecule has 1 atom stereocenters. The predicted molar refractivity (Wildman–Crippen MR) is 99.3 cm³/mol. The van der Waals surface area contributed by atoms with Crippen LogP contribution in [0.25, 0.3) is 0 Å². The van der Waals surface area contributed by atoms with Crippen molar-refractivity contribution in [1.29, 1.82) is 0 Å². The van der Waals surface area contributed by atoms with E-state index in [4.69, 9.17) is 9.51 Å². The summed E-state index contributed by atoms with van der Waals surface area (Å²) in [4.78, 5) is 18.8. The third kappa shape index (κ3) is 3.32. The lowest BCUT2D eigenvalue weighted by molar-refractivity contribution is 0.164. The van der Waals surface area contributed by atoms with Crippen molar-refractivity contribution in [3.05, 3.63) is 28.8 Å².